The van der Waals surface area contributed by atoms with Crippen LogP contribution in [-0.2, 0) is 13.0 Å². The van der Waals surface area contributed by atoms with E-state index in [1.54, 1.807) is 30.3 Å². The smallest absolute Gasteiger partial charge is 0.256 e. The summed E-state index contributed by atoms with van der Waals surface area (Å²) in [7, 11) is 0. The number of nitrogens with zero attached hydrogens (tertiary/aromatic N) is 4. The molecule has 7 nitrogen and oxygen atoms in total. The van der Waals surface area contributed by atoms with E-state index < -0.39 is 17.5 Å². The zero-order valence-electron chi connectivity index (χ0n) is 23.8. The number of nitrogens with one attached hydrogen (secondary N) is 1. The van der Waals surface area contributed by atoms with Crippen LogP contribution in [0.2, 0.25) is 0 Å². The van der Waals surface area contributed by atoms with Crippen molar-refractivity contribution >= 4 is 22.9 Å². The van der Waals surface area contributed by atoms with Crippen molar-refractivity contribution in [3.8, 4) is 5.69 Å². The number of aromatic nitrogens is 3. The Labute approximate surface area is 247 Å². The van der Waals surface area contributed by atoms with Gasteiger partial charge in [0.2, 0.25) is 5.95 Å². The van der Waals surface area contributed by atoms with Gasteiger partial charge in [-0.2, -0.15) is 4.98 Å². The highest BCUT2D eigenvalue weighted by atomic mass is 19.1. The Kier molecular flexibility index (Phi) is 7.96. The summed E-state index contributed by atoms with van der Waals surface area (Å²) in [6.07, 6.45) is 3.13. The van der Waals surface area contributed by atoms with Crippen LogP contribution in [0, 0.1) is 24.5 Å². The van der Waals surface area contributed by atoms with E-state index in [-0.39, 0.29) is 17.7 Å². The van der Waals surface area contributed by atoms with Crippen molar-refractivity contribution in [2.45, 2.75) is 32.7 Å². The summed E-state index contributed by atoms with van der Waals surface area (Å²) >= 11 is 0. The van der Waals surface area contributed by atoms with Gasteiger partial charge < -0.3 is 10.2 Å². The number of rotatable bonds is 7. The summed E-state index contributed by atoms with van der Waals surface area (Å²) in [5.74, 6) is -0.617. The molecule has 1 aliphatic rings. The molecule has 1 fully saturated rings. The van der Waals surface area contributed by atoms with E-state index in [1.165, 1.54) is 22.3 Å². The van der Waals surface area contributed by atoms with Gasteiger partial charge in [0.05, 0.1) is 11.4 Å². The van der Waals surface area contributed by atoms with Gasteiger partial charge in [-0.1, -0.05) is 36.4 Å². The Hall–Kier alpha value is -4.92. The third kappa shape index (κ3) is 6.16. The lowest BCUT2D eigenvalue weighted by Gasteiger charge is -2.32. The fourth-order valence-corrected chi connectivity index (χ4v) is 5.63. The second-order valence-electron chi connectivity index (χ2n) is 10.9. The van der Waals surface area contributed by atoms with E-state index in [9.17, 15) is 18.4 Å². The average Bonchev–Trinajstić information content (AvgIpc) is 3.01. The highest BCUT2D eigenvalue weighted by molar-refractivity contribution is 5.94. The number of carbonyl (C=O) groups excluding carboxylic acids is 1. The number of anilines is 1. The van der Waals surface area contributed by atoms with Crippen LogP contribution in [0.4, 0.5) is 14.7 Å². The summed E-state index contributed by atoms with van der Waals surface area (Å²) in [6.45, 7) is 3.51. The SMILES string of the molecule is Cc1nc(N2CCC(Cc3ccccc3)CC2)nc2c1ccc(=O)n2-c1ccc(C(=O)NCc2ccc(F)cc2F)cc1. The fraction of sp³-hybridized carbons (Fsp3) is 0.235. The molecule has 6 rings (SSSR count). The van der Waals surface area contributed by atoms with E-state index in [0.29, 0.717) is 28.8 Å². The van der Waals surface area contributed by atoms with Gasteiger partial charge in [-0.25, -0.2) is 13.8 Å². The number of fused-ring (bicyclic) bond motifs is 1. The lowest BCUT2D eigenvalue weighted by Crippen LogP contribution is -2.35. The largest absolute Gasteiger partial charge is 0.348 e. The number of amides is 1. The molecular formula is C34H31F2N5O2. The summed E-state index contributed by atoms with van der Waals surface area (Å²) in [4.78, 5) is 37.7. The molecule has 1 aliphatic heterocycles. The number of halogens is 2. The second-order valence-corrected chi connectivity index (χ2v) is 10.9. The zero-order chi connectivity index (χ0) is 29.9. The van der Waals surface area contributed by atoms with Crippen molar-refractivity contribution in [2.75, 3.05) is 18.0 Å². The average molecular weight is 580 g/mol. The Morgan fingerprint density at radius 2 is 1.67 bits per heavy atom. The molecule has 0 atom stereocenters. The van der Waals surface area contributed by atoms with Crippen molar-refractivity contribution in [3.05, 3.63) is 129 Å². The first-order valence-electron chi connectivity index (χ1n) is 14.4. The van der Waals surface area contributed by atoms with Crippen LogP contribution in [-0.4, -0.2) is 33.5 Å². The van der Waals surface area contributed by atoms with Gasteiger partial charge in [0, 0.05) is 48.3 Å². The Bertz CT molecular complexity index is 1830. The molecule has 0 spiro atoms. The molecular weight excluding hydrogens is 548 g/mol. The minimum atomic E-state index is -0.723. The number of hydrogen-bond acceptors (Lipinski definition) is 5. The molecule has 0 unspecified atom stereocenters. The molecule has 1 saturated heterocycles. The van der Waals surface area contributed by atoms with E-state index in [1.807, 2.05) is 13.0 Å². The van der Waals surface area contributed by atoms with Crippen molar-refractivity contribution in [3.63, 3.8) is 0 Å². The van der Waals surface area contributed by atoms with Crippen LogP contribution in [0.1, 0.15) is 40.0 Å². The second kappa shape index (κ2) is 12.1. The first-order valence-corrected chi connectivity index (χ1v) is 14.4. The number of benzene rings is 3. The lowest BCUT2D eigenvalue weighted by molar-refractivity contribution is 0.0950. The summed E-state index contributed by atoms with van der Waals surface area (Å²) in [5, 5.41) is 3.42. The van der Waals surface area contributed by atoms with Crippen LogP contribution in [0.15, 0.2) is 89.7 Å². The maximum atomic E-state index is 13.9. The number of pyridine rings is 1. The molecule has 1 N–H and O–H groups in total. The maximum absolute atomic E-state index is 13.9. The standard InChI is InChI=1S/C34H31F2N5O2/c1-22-29-13-14-31(42)41(28-11-8-25(9-12-28)33(43)37-21-26-7-10-27(35)20-30(26)36)32(29)39-34(38-22)40-17-15-24(16-18-40)19-23-5-3-2-4-6-23/h2-14,20,24H,15-19,21H2,1H3,(H,37,43). The molecule has 218 valence electrons. The van der Waals surface area contributed by atoms with E-state index in [2.05, 4.69) is 34.5 Å². The van der Waals surface area contributed by atoms with Crippen molar-refractivity contribution in [1.29, 1.82) is 0 Å². The molecule has 0 saturated carbocycles. The number of piperidine rings is 1. The van der Waals surface area contributed by atoms with Gasteiger partial charge in [0.15, 0.2) is 5.65 Å². The topological polar surface area (TPSA) is 80.1 Å². The van der Waals surface area contributed by atoms with Crippen LogP contribution >= 0.6 is 0 Å². The van der Waals surface area contributed by atoms with Gasteiger partial charge in [0.25, 0.3) is 11.5 Å². The van der Waals surface area contributed by atoms with E-state index in [4.69, 9.17) is 9.97 Å². The fourth-order valence-electron chi connectivity index (χ4n) is 5.63. The van der Waals surface area contributed by atoms with Crippen molar-refractivity contribution < 1.29 is 13.6 Å². The summed E-state index contributed by atoms with van der Waals surface area (Å²) in [5.41, 5.74) is 3.47. The van der Waals surface area contributed by atoms with E-state index >= 15 is 0 Å². The molecule has 5 aromatic rings. The van der Waals surface area contributed by atoms with E-state index in [0.717, 1.165) is 55.6 Å². The third-order valence-electron chi connectivity index (χ3n) is 8.04. The zero-order valence-corrected chi connectivity index (χ0v) is 23.8. The molecule has 0 aliphatic carbocycles. The number of hydrogen-bond donors (Lipinski definition) is 1. The van der Waals surface area contributed by atoms with Gasteiger partial charge in [0.1, 0.15) is 11.6 Å². The third-order valence-corrected chi connectivity index (χ3v) is 8.04. The molecule has 3 heterocycles. The van der Waals surface area contributed by atoms with Crippen LogP contribution < -0.4 is 15.8 Å². The molecule has 43 heavy (non-hydrogen) atoms. The predicted octanol–water partition coefficient (Wildman–Crippen LogP) is 5.76. The van der Waals surface area contributed by atoms with Gasteiger partial charge in [-0.05, 0) is 74.1 Å². The van der Waals surface area contributed by atoms with Crippen LogP contribution in [0.25, 0.3) is 16.7 Å². The Morgan fingerprint density at radius 3 is 2.40 bits per heavy atom. The first-order chi connectivity index (χ1) is 20.9. The normalized spacial score (nSPS) is 13.8. The van der Waals surface area contributed by atoms with Crippen LogP contribution in [0.5, 0.6) is 0 Å². The van der Waals surface area contributed by atoms with Gasteiger partial charge in [-0.3, -0.25) is 14.2 Å². The highest BCUT2D eigenvalue weighted by Crippen LogP contribution is 2.26. The molecule has 0 radical (unpaired) electrons. The first kappa shape index (κ1) is 28.2. The molecule has 1 amide bonds. The van der Waals surface area contributed by atoms with Gasteiger partial charge >= 0.3 is 0 Å². The Morgan fingerprint density at radius 1 is 0.930 bits per heavy atom. The van der Waals surface area contributed by atoms with Crippen molar-refractivity contribution in [2.24, 2.45) is 5.92 Å². The van der Waals surface area contributed by atoms with Crippen molar-refractivity contribution in [1.82, 2.24) is 19.9 Å². The number of aryl methyl sites for hydroxylation is 1. The minimum Gasteiger partial charge on any atom is -0.348 e. The highest BCUT2D eigenvalue weighted by Gasteiger charge is 2.23. The Balaban J connectivity index is 1.21. The summed E-state index contributed by atoms with van der Waals surface area (Å²) in [6, 6.07) is 23.6. The van der Waals surface area contributed by atoms with Crippen LogP contribution in [0.3, 0.4) is 0 Å². The number of carbonyl (C=O) groups is 1. The molecule has 3 aromatic carbocycles. The summed E-state index contributed by atoms with van der Waals surface area (Å²) < 4.78 is 28.7. The predicted molar refractivity (Wildman–Crippen MR) is 162 cm³/mol. The molecule has 2 aromatic heterocycles. The maximum Gasteiger partial charge on any atom is 0.256 e. The minimum absolute atomic E-state index is 0.0854. The lowest BCUT2D eigenvalue weighted by atomic mass is 9.90. The van der Waals surface area contributed by atoms with Gasteiger partial charge in [-0.15, -0.1) is 0 Å². The molecule has 9 heteroatoms. The molecule has 0 bridgehead atoms. The monoisotopic (exact) mass is 579 g/mol. The quantitative estimate of drug-likeness (QED) is 0.265.